The fourth-order valence-corrected chi connectivity index (χ4v) is 2.86. The van der Waals surface area contributed by atoms with Crippen molar-refractivity contribution in [3.05, 3.63) is 29.3 Å². The Morgan fingerprint density at radius 3 is 3.09 bits per heavy atom. The molecule has 0 radical (unpaired) electrons. The van der Waals surface area contributed by atoms with Gasteiger partial charge < -0.3 is 20.1 Å². The third kappa shape index (κ3) is 4.39. The second-order valence-electron chi connectivity index (χ2n) is 5.78. The standard InChI is InChI=1S/C17H22N2O3.ClH/c1-21-15-4-5-16-13(8-15)7-14(11-22-16)17(20)19-10-12-3-2-6-18-9-12;/h4-5,7-8,12,18H,2-3,6,9-11H2,1H3,(H,19,20);1H. The van der Waals surface area contributed by atoms with Gasteiger partial charge in [0.1, 0.15) is 18.1 Å². The number of carbonyl (C=O) groups excluding carboxylic acids is 1. The zero-order valence-corrected chi connectivity index (χ0v) is 14.1. The zero-order chi connectivity index (χ0) is 15.4. The minimum atomic E-state index is -0.0426. The number of carbonyl (C=O) groups is 1. The number of rotatable bonds is 4. The maximum absolute atomic E-state index is 12.3. The van der Waals surface area contributed by atoms with Crippen molar-refractivity contribution in [1.29, 1.82) is 0 Å². The molecule has 2 heterocycles. The van der Waals surface area contributed by atoms with Crippen LogP contribution in [0, 0.1) is 5.92 Å². The molecule has 1 unspecified atom stereocenters. The lowest BCUT2D eigenvalue weighted by molar-refractivity contribution is -0.118. The Balaban J connectivity index is 0.00000192. The highest BCUT2D eigenvalue weighted by Crippen LogP contribution is 2.29. The number of benzene rings is 1. The third-order valence-corrected chi connectivity index (χ3v) is 4.17. The van der Waals surface area contributed by atoms with Crippen molar-refractivity contribution in [2.24, 2.45) is 5.92 Å². The molecule has 1 atom stereocenters. The molecule has 23 heavy (non-hydrogen) atoms. The number of hydrogen-bond donors (Lipinski definition) is 2. The highest BCUT2D eigenvalue weighted by molar-refractivity contribution is 5.99. The molecule has 0 spiro atoms. The first-order chi connectivity index (χ1) is 10.8. The van der Waals surface area contributed by atoms with E-state index >= 15 is 0 Å². The number of amides is 1. The van der Waals surface area contributed by atoms with E-state index in [4.69, 9.17) is 9.47 Å². The van der Waals surface area contributed by atoms with E-state index in [1.54, 1.807) is 7.11 Å². The molecule has 1 saturated heterocycles. The lowest BCUT2D eigenvalue weighted by atomic mass is 9.99. The molecule has 6 heteroatoms. The van der Waals surface area contributed by atoms with Crippen LogP contribution in [-0.2, 0) is 4.79 Å². The zero-order valence-electron chi connectivity index (χ0n) is 13.3. The quantitative estimate of drug-likeness (QED) is 0.881. The Morgan fingerprint density at radius 1 is 1.48 bits per heavy atom. The molecule has 2 N–H and O–H groups in total. The molecule has 1 amide bonds. The van der Waals surface area contributed by atoms with E-state index in [2.05, 4.69) is 10.6 Å². The first kappa shape index (κ1) is 17.6. The van der Waals surface area contributed by atoms with Crippen molar-refractivity contribution >= 4 is 24.4 Å². The number of ether oxygens (including phenoxy) is 2. The normalized spacial score (nSPS) is 19.5. The summed E-state index contributed by atoms with van der Waals surface area (Å²) in [6.07, 6.45) is 4.23. The molecule has 1 fully saturated rings. The summed E-state index contributed by atoms with van der Waals surface area (Å²) < 4.78 is 10.9. The molecule has 0 aromatic heterocycles. The number of hydrogen-bond acceptors (Lipinski definition) is 4. The fraction of sp³-hybridized carbons (Fsp3) is 0.471. The molecular formula is C17H23ClN2O3. The summed E-state index contributed by atoms with van der Waals surface area (Å²) in [7, 11) is 1.63. The van der Waals surface area contributed by atoms with Gasteiger partial charge in [0, 0.05) is 12.1 Å². The van der Waals surface area contributed by atoms with Crippen LogP contribution >= 0.6 is 12.4 Å². The van der Waals surface area contributed by atoms with Gasteiger partial charge in [-0.05, 0) is 56.1 Å². The summed E-state index contributed by atoms with van der Waals surface area (Å²) in [5, 5.41) is 6.38. The monoisotopic (exact) mass is 338 g/mol. The van der Waals surface area contributed by atoms with Crippen LogP contribution in [0.15, 0.2) is 23.8 Å². The average Bonchev–Trinajstić information content (AvgIpc) is 2.59. The molecule has 2 aliphatic rings. The van der Waals surface area contributed by atoms with Gasteiger partial charge in [0.25, 0.3) is 5.91 Å². The summed E-state index contributed by atoms with van der Waals surface area (Å²) in [5.74, 6) is 2.02. The third-order valence-electron chi connectivity index (χ3n) is 4.17. The molecule has 1 aromatic rings. The molecular weight excluding hydrogens is 316 g/mol. The van der Waals surface area contributed by atoms with Gasteiger partial charge in [-0.3, -0.25) is 4.79 Å². The summed E-state index contributed by atoms with van der Waals surface area (Å²) in [4.78, 5) is 12.3. The largest absolute Gasteiger partial charge is 0.497 e. The first-order valence-corrected chi connectivity index (χ1v) is 7.76. The smallest absolute Gasteiger partial charge is 0.250 e. The molecule has 1 aromatic carbocycles. The number of nitrogens with one attached hydrogen (secondary N) is 2. The van der Waals surface area contributed by atoms with Crippen LogP contribution in [0.5, 0.6) is 11.5 Å². The van der Waals surface area contributed by atoms with E-state index in [9.17, 15) is 4.79 Å². The highest BCUT2D eigenvalue weighted by atomic mass is 35.5. The molecule has 0 aliphatic carbocycles. The SMILES string of the molecule is COc1ccc2c(c1)C=C(C(=O)NCC1CCCNC1)CO2.Cl. The maximum atomic E-state index is 12.3. The van der Waals surface area contributed by atoms with Crippen LogP contribution in [-0.4, -0.2) is 39.3 Å². The average molecular weight is 339 g/mol. The van der Waals surface area contributed by atoms with Crippen molar-refractivity contribution in [3.8, 4) is 11.5 Å². The minimum Gasteiger partial charge on any atom is -0.497 e. The maximum Gasteiger partial charge on any atom is 0.250 e. The molecule has 0 saturated carbocycles. The Bertz CT molecular complexity index is 583. The Kier molecular flexibility index (Phi) is 6.30. The van der Waals surface area contributed by atoms with Gasteiger partial charge in [0.15, 0.2) is 0 Å². The van der Waals surface area contributed by atoms with Gasteiger partial charge >= 0.3 is 0 Å². The lowest BCUT2D eigenvalue weighted by Gasteiger charge is -2.24. The number of fused-ring (bicyclic) bond motifs is 1. The second-order valence-corrected chi connectivity index (χ2v) is 5.78. The van der Waals surface area contributed by atoms with Gasteiger partial charge in [-0.1, -0.05) is 0 Å². The fourth-order valence-electron chi connectivity index (χ4n) is 2.86. The number of halogens is 1. The topological polar surface area (TPSA) is 59.6 Å². The van der Waals surface area contributed by atoms with Crippen molar-refractivity contribution < 1.29 is 14.3 Å². The molecule has 0 bridgehead atoms. The van der Waals surface area contributed by atoms with E-state index in [-0.39, 0.29) is 18.3 Å². The van der Waals surface area contributed by atoms with E-state index < -0.39 is 0 Å². The first-order valence-electron chi connectivity index (χ1n) is 7.76. The van der Waals surface area contributed by atoms with E-state index in [0.29, 0.717) is 24.6 Å². The number of piperidine rings is 1. The van der Waals surface area contributed by atoms with E-state index in [1.807, 2.05) is 24.3 Å². The Hall–Kier alpha value is -1.72. The predicted octanol–water partition coefficient (Wildman–Crippen LogP) is 2.01. The van der Waals surface area contributed by atoms with Crippen molar-refractivity contribution in [1.82, 2.24) is 10.6 Å². The summed E-state index contributed by atoms with van der Waals surface area (Å²) >= 11 is 0. The van der Waals surface area contributed by atoms with Crippen LogP contribution in [0.4, 0.5) is 0 Å². The van der Waals surface area contributed by atoms with Crippen molar-refractivity contribution in [2.45, 2.75) is 12.8 Å². The molecule has 2 aliphatic heterocycles. The Morgan fingerprint density at radius 2 is 2.35 bits per heavy atom. The van der Waals surface area contributed by atoms with Gasteiger partial charge in [-0.15, -0.1) is 12.4 Å². The summed E-state index contributed by atoms with van der Waals surface area (Å²) in [6.45, 7) is 3.10. The van der Waals surface area contributed by atoms with E-state index in [0.717, 1.165) is 30.2 Å². The molecule has 5 nitrogen and oxygen atoms in total. The molecule has 3 rings (SSSR count). The highest BCUT2D eigenvalue weighted by Gasteiger charge is 2.19. The Labute approximate surface area is 142 Å². The summed E-state index contributed by atoms with van der Waals surface area (Å²) in [5.41, 5.74) is 1.54. The minimum absolute atomic E-state index is 0. The van der Waals surface area contributed by atoms with Gasteiger partial charge in [0.05, 0.1) is 12.7 Å². The van der Waals surface area contributed by atoms with E-state index in [1.165, 1.54) is 12.8 Å². The van der Waals surface area contributed by atoms with Gasteiger partial charge in [-0.2, -0.15) is 0 Å². The van der Waals surface area contributed by atoms with Crippen LogP contribution in [0.3, 0.4) is 0 Å². The van der Waals surface area contributed by atoms with Crippen LogP contribution in [0.2, 0.25) is 0 Å². The predicted molar refractivity (Wildman–Crippen MR) is 92.3 cm³/mol. The van der Waals surface area contributed by atoms with Crippen molar-refractivity contribution in [3.63, 3.8) is 0 Å². The second kappa shape index (κ2) is 8.22. The van der Waals surface area contributed by atoms with Gasteiger partial charge in [-0.25, -0.2) is 0 Å². The van der Waals surface area contributed by atoms with Crippen molar-refractivity contribution in [2.75, 3.05) is 33.4 Å². The lowest BCUT2D eigenvalue weighted by Crippen LogP contribution is -2.39. The number of methoxy groups -OCH3 is 1. The van der Waals surface area contributed by atoms with Crippen LogP contribution in [0.25, 0.3) is 6.08 Å². The van der Waals surface area contributed by atoms with Crippen LogP contribution < -0.4 is 20.1 Å². The molecule has 126 valence electrons. The summed E-state index contributed by atoms with van der Waals surface area (Å²) in [6, 6.07) is 5.60. The van der Waals surface area contributed by atoms with Gasteiger partial charge in [0.2, 0.25) is 0 Å². The van der Waals surface area contributed by atoms with Crippen LogP contribution in [0.1, 0.15) is 18.4 Å².